The lowest BCUT2D eigenvalue weighted by molar-refractivity contribution is 0.101. The third-order valence-corrected chi connectivity index (χ3v) is 5.10. The van der Waals surface area contributed by atoms with Crippen LogP contribution in [0.5, 0.6) is 11.5 Å². The lowest BCUT2D eigenvalue weighted by Gasteiger charge is -2.06. The predicted octanol–water partition coefficient (Wildman–Crippen LogP) is 3.54. The van der Waals surface area contributed by atoms with Gasteiger partial charge >= 0.3 is 0 Å². The summed E-state index contributed by atoms with van der Waals surface area (Å²) in [7, 11) is 1.53. The number of anilines is 1. The second-order valence-electron chi connectivity index (χ2n) is 6.29. The van der Waals surface area contributed by atoms with Crippen molar-refractivity contribution in [1.29, 1.82) is 0 Å². The number of hydrogen-bond donors (Lipinski definition) is 1. The molecule has 0 radical (unpaired) electrons. The van der Waals surface area contributed by atoms with E-state index in [0.717, 1.165) is 16.0 Å². The fourth-order valence-electron chi connectivity index (χ4n) is 2.72. The van der Waals surface area contributed by atoms with Crippen molar-refractivity contribution in [2.24, 2.45) is 0 Å². The van der Waals surface area contributed by atoms with Gasteiger partial charge in [0.2, 0.25) is 0 Å². The zero-order valence-corrected chi connectivity index (χ0v) is 16.9. The van der Waals surface area contributed by atoms with E-state index in [4.69, 9.17) is 9.47 Å². The molecular weight excluding hydrogens is 404 g/mol. The van der Waals surface area contributed by atoms with Gasteiger partial charge in [-0.1, -0.05) is 29.5 Å². The highest BCUT2D eigenvalue weighted by Gasteiger charge is 2.13. The van der Waals surface area contributed by atoms with Crippen molar-refractivity contribution in [3.63, 3.8) is 0 Å². The van der Waals surface area contributed by atoms with E-state index in [9.17, 15) is 9.59 Å². The first-order valence-corrected chi connectivity index (χ1v) is 9.96. The summed E-state index contributed by atoms with van der Waals surface area (Å²) >= 11 is 1.33. The minimum atomic E-state index is -0.444. The Bertz CT molecular complexity index is 1240. The Labute approximate surface area is 175 Å². The van der Waals surface area contributed by atoms with Gasteiger partial charge in [-0.3, -0.25) is 14.9 Å². The van der Waals surface area contributed by atoms with Gasteiger partial charge in [0, 0.05) is 19.2 Å². The minimum absolute atomic E-state index is 0.123. The van der Waals surface area contributed by atoms with E-state index in [1.807, 2.05) is 48.5 Å². The van der Waals surface area contributed by atoms with Gasteiger partial charge in [0.05, 0.1) is 23.4 Å². The summed E-state index contributed by atoms with van der Waals surface area (Å²) in [6, 6.07) is 17.7. The zero-order valence-electron chi connectivity index (χ0n) is 16.1. The standard InChI is InChI=1S/C21H18N4O4S/c1-28-12-11-25-19(26)10-9-17(24-25)20(27)23-21-22-16-8-7-15(13-18(16)30-21)29-14-5-3-2-4-6-14/h2-10,13H,11-12H2,1H3,(H,22,23,27). The Morgan fingerprint density at radius 1 is 1.10 bits per heavy atom. The summed E-state index contributed by atoms with van der Waals surface area (Å²) in [5.74, 6) is 0.979. The molecule has 0 atom stereocenters. The lowest BCUT2D eigenvalue weighted by atomic mass is 10.3. The monoisotopic (exact) mass is 422 g/mol. The summed E-state index contributed by atoms with van der Waals surface area (Å²) in [6.45, 7) is 0.588. The predicted molar refractivity (Wildman–Crippen MR) is 114 cm³/mol. The molecule has 2 aromatic heterocycles. The molecule has 0 spiro atoms. The molecule has 8 nitrogen and oxygen atoms in total. The van der Waals surface area contributed by atoms with Crippen LogP contribution in [0.25, 0.3) is 10.2 Å². The van der Waals surface area contributed by atoms with Gasteiger partial charge in [-0.05, 0) is 30.3 Å². The van der Waals surface area contributed by atoms with E-state index in [0.29, 0.717) is 17.5 Å². The number of thiazole rings is 1. The zero-order chi connectivity index (χ0) is 20.9. The molecule has 2 aromatic carbocycles. The van der Waals surface area contributed by atoms with Crippen molar-refractivity contribution in [1.82, 2.24) is 14.8 Å². The summed E-state index contributed by atoms with van der Waals surface area (Å²) in [6.07, 6.45) is 0. The molecule has 30 heavy (non-hydrogen) atoms. The van der Waals surface area contributed by atoms with Crippen LogP contribution in [-0.4, -0.2) is 34.4 Å². The highest BCUT2D eigenvalue weighted by Crippen LogP contribution is 2.31. The first-order chi connectivity index (χ1) is 14.6. The van der Waals surface area contributed by atoms with Crippen LogP contribution >= 0.6 is 11.3 Å². The maximum Gasteiger partial charge on any atom is 0.277 e. The largest absolute Gasteiger partial charge is 0.457 e. The number of ether oxygens (including phenoxy) is 2. The molecule has 4 aromatic rings. The fourth-order valence-corrected chi connectivity index (χ4v) is 3.61. The van der Waals surface area contributed by atoms with E-state index in [1.165, 1.54) is 35.3 Å². The maximum absolute atomic E-state index is 12.6. The maximum atomic E-state index is 12.6. The number of amides is 1. The molecule has 0 saturated heterocycles. The highest BCUT2D eigenvalue weighted by molar-refractivity contribution is 7.22. The molecular formula is C21H18N4O4S. The van der Waals surface area contributed by atoms with Gasteiger partial charge in [0.15, 0.2) is 5.13 Å². The molecule has 0 aliphatic rings. The Hall–Kier alpha value is -3.56. The van der Waals surface area contributed by atoms with Crippen molar-refractivity contribution in [2.75, 3.05) is 19.0 Å². The summed E-state index contributed by atoms with van der Waals surface area (Å²) in [5.41, 5.74) is 0.571. The molecule has 0 bridgehead atoms. The van der Waals surface area contributed by atoms with E-state index < -0.39 is 5.91 Å². The topological polar surface area (TPSA) is 95.3 Å². The third-order valence-electron chi connectivity index (χ3n) is 4.17. The lowest BCUT2D eigenvalue weighted by Crippen LogP contribution is -2.27. The molecule has 1 amide bonds. The highest BCUT2D eigenvalue weighted by atomic mass is 32.1. The number of rotatable bonds is 7. The van der Waals surface area contributed by atoms with Crippen LogP contribution in [-0.2, 0) is 11.3 Å². The number of aromatic nitrogens is 3. The number of fused-ring (bicyclic) bond motifs is 1. The van der Waals surface area contributed by atoms with Crippen LogP contribution < -0.4 is 15.6 Å². The van der Waals surface area contributed by atoms with Gasteiger partial charge in [-0.15, -0.1) is 0 Å². The molecule has 9 heteroatoms. The van der Waals surface area contributed by atoms with Crippen LogP contribution in [0.15, 0.2) is 65.5 Å². The Morgan fingerprint density at radius 2 is 1.93 bits per heavy atom. The van der Waals surface area contributed by atoms with Gasteiger partial charge < -0.3 is 9.47 Å². The first kappa shape index (κ1) is 19.7. The number of methoxy groups -OCH3 is 1. The smallest absolute Gasteiger partial charge is 0.277 e. The van der Waals surface area contributed by atoms with Crippen LogP contribution in [0.4, 0.5) is 5.13 Å². The van der Waals surface area contributed by atoms with Gasteiger partial charge in [0.25, 0.3) is 11.5 Å². The molecule has 2 heterocycles. The van der Waals surface area contributed by atoms with Crippen LogP contribution in [0.2, 0.25) is 0 Å². The van der Waals surface area contributed by atoms with Crippen LogP contribution in [0, 0.1) is 0 Å². The van der Waals surface area contributed by atoms with Crippen molar-refractivity contribution in [2.45, 2.75) is 6.54 Å². The number of para-hydroxylation sites is 1. The van der Waals surface area contributed by atoms with Crippen molar-refractivity contribution >= 4 is 32.6 Å². The van der Waals surface area contributed by atoms with Crippen LogP contribution in [0.3, 0.4) is 0 Å². The SMILES string of the molecule is COCCn1nc(C(=O)Nc2nc3ccc(Oc4ccccc4)cc3s2)ccc1=O. The number of nitrogens with one attached hydrogen (secondary N) is 1. The summed E-state index contributed by atoms with van der Waals surface area (Å²) < 4.78 is 12.9. The summed E-state index contributed by atoms with van der Waals surface area (Å²) in [4.78, 5) is 28.8. The van der Waals surface area contributed by atoms with E-state index in [1.54, 1.807) is 0 Å². The molecule has 0 saturated carbocycles. The molecule has 0 unspecified atom stereocenters. The number of nitrogens with zero attached hydrogens (tertiary/aromatic N) is 3. The number of benzene rings is 2. The average molecular weight is 422 g/mol. The molecule has 4 rings (SSSR count). The first-order valence-electron chi connectivity index (χ1n) is 9.14. The quantitative estimate of drug-likeness (QED) is 0.489. The van der Waals surface area contributed by atoms with Crippen molar-refractivity contribution in [3.8, 4) is 11.5 Å². The van der Waals surface area contributed by atoms with Gasteiger partial charge in [-0.2, -0.15) is 5.10 Å². The Balaban J connectivity index is 1.51. The Kier molecular flexibility index (Phi) is 5.82. The second kappa shape index (κ2) is 8.85. The molecule has 0 aliphatic heterocycles. The molecule has 1 N–H and O–H groups in total. The average Bonchev–Trinajstić information content (AvgIpc) is 3.15. The van der Waals surface area contributed by atoms with Crippen molar-refractivity contribution in [3.05, 3.63) is 76.7 Å². The molecule has 0 aliphatic carbocycles. The number of carbonyl (C=O) groups excluding carboxylic acids is 1. The van der Waals surface area contributed by atoms with E-state index in [2.05, 4.69) is 15.4 Å². The minimum Gasteiger partial charge on any atom is -0.457 e. The molecule has 0 fully saturated rings. The fraction of sp³-hybridized carbons (Fsp3) is 0.143. The Morgan fingerprint density at radius 3 is 2.73 bits per heavy atom. The summed E-state index contributed by atoms with van der Waals surface area (Å²) in [5, 5.41) is 7.26. The van der Waals surface area contributed by atoms with Gasteiger partial charge in [-0.25, -0.2) is 9.67 Å². The second-order valence-corrected chi connectivity index (χ2v) is 7.32. The number of hydrogen-bond acceptors (Lipinski definition) is 7. The third kappa shape index (κ3) is 4.53. The van der Waals surface area contributed by atoms with Crippen molar-refractivity contribution < 1.29 is 14.3 Å². The van der Waals surface area contributed by atoms with Crippen LogP contribution in [0.1, 0.15) is 10.5 Å². The van der Waals surface area contributed by atoms with E-state index >= 15 is 0 Å². The number of carbonyl (C=O) groups is 1. The molecule has 152 valence electrons. The van der Waals surface area contributed by atoms with E-state index in [-0.39, 0.29) is 17.8 Å². The normalized spacial score (nSPS) is 10.8. The van der Waals surface area contributed by atoms with Gasteiger partial charge in [0.1, 0.15) is 17.2 Å².